The first-order valence-corrected chi connectivity index (χ1v) is 50.2. The van der Waals surface area contributed by atoms with Gasteiger partial charge in [0.15, 0.2) is 0 Å². The number of Topliss-reactive ketones (excluding diaryl/α,β-unsaturated/α-hetero) is 1. The first-order chi connectivity index (χ1) is 67.4. The Morgan fingerprint density at radius 3 is 0.854 bits per heavy atom. The summed E-state index contributed by atoms with van der Waals surface area (Å²) in [5.74, 6) is -2.88. The van der Waals surface area contributed by atoms with Gasteiger partial charge in [-0.05, 0) is 37.7 Å². The standard InChI is InChI=1S/C97H178N4O36/c1-3-4-5-6-7-9-12-15-21-31-97(95(108)109,32-22-16-13-10-8-11-14-20-27-92(104)105)94(107)100-34-38-114-42-44-116-46-48-118-50-52-120-54-56-122-58-60-124-62-64-126-66-68-128-70-72-130-74-76-132-78-80-134-82-84-136-86-85-135-83-81-133-79-77-131-75-73-129-71-69-127-67-65-125-63-61-123-59-57-121-55-53-119-51-49-117-47-45-115-43-40-112-36-30-89(102)26-23-35-111-39-41-113-37-33-99-93(106)90(28-29-91(103)98-2)101-96(110)137-87-88-24-18-17-19-25-88/h17-19,24-25,90H,3-16,20-23,26-87H2,1-2H3,(H,98,103)(H,99,106)(H,100,107)(H,101,110)(H,104,105)(H,108,109). The van der Waals surface area contributed by atoms with E-state index >= 15 is 0 Å². The Bertz CT molecular complexity index is 2790. The molecule has 0 aliphatic heterocycles. The molecule has 0 aliphatic rings. The number of aliphatic carboxylic acids is 2. The van der Waals surface area contributed by atoms with Crippen LogP contribution in [0, 0.1) is 5.41 Å². The molecule has 0 aliphatic carbocycles. The van der Waals surface area contributed by atoms with Gasteiger partial charge in [0.05, 0.1) is 337 Å². The molecule has 0 bridgehead atoms. The van der Waals surface area contributed by atoms with E-state index < -0.39 is 41.3 Å². The van der Waals surface area contributed by atoms with E-state index in [1.165, 1.54) is 39.2 Å². The third-order valence-corrected chi connectivity index (χ3v) is 20.3. The maximum Gasteiger partial charge on any atom is 0.408 e. The predicted octanol–water partition coefficient (Wildman–Crippen LogP) is 8.19. The number of carboxylic acids is 2. The van der Waals surface area contributed by atoms with E-state index in [2.05, 4.69) is 28.2 Å². The summed E-state index contributed by atoms with van der Waals surface area (Å²) >= 11 is 0. The molecule has 2 atom stereocenters. The van der Waals surface area contributed by atoms with Gasteiger partial charge in [-0.2, -0.15) is 0 Å². The number of alkyl carbamates (subject to hydrolysis) is 1. The number of hydrogen-bond donors (Lipinski definition) is 6. The molecule has 0 saturated carbocycles. The third-order valence-electron chi connectivity index (χ3n) is 20.3. The maximum absolute atomic E-state index is 13.6. The zero-order valence-corrected chi connectivity index (χ0v) is 83.3. The number of ketones is 1. The number of hydrogen-bond acceptors (Lipinski definition) is 34. The summed E-state index contributed by atoms with van der Waals surface area (Å²) in [7, 11) is 1.50. The lowest BCUT2D eigenvalue weighted by molar-refractivity contribution is -0.157. The van der Waals surface area contributed by atoms with Crippen LogP contribution in [0.3, 0.4) is 0 Å². The molecule has 802 valence electrons. The summed E-state index contributed by atoms with van der Waals surface area (Å²) in [6.45, 7) is 24.8. The van der Waals surface area contributed by atoms with Gasteiger partial charge in [-0.15, -0.1) is 0 Å². The van der Waals surface area contributed by atoms with Crippen LogP contribution in [0.15, 0.2) is 30.3 Å². The number of unbranched alkanes of at least 4 members (excludes halogenated alkanes) is 15. The van der Waals surface area contributed by atoms with Gasteiger partial charge in [0.1, 0.15) is 23.8 Å². The minimum Gasteiger partial charge on any atom is -0.481 e. The van der Waals surface area contributed by atoms with E-state index in [1.54, 1.807) is 0 Å². The third kappa shape index (κ3) is 93.9. The van der Waals surface area contributed by atoms with Crippen molar-refractivity contribution in [1.29, 1.82) is 0 Å². The minimum absolute atomic E-state index is 0.0407. The van der Waals surface area contributed by atoms with Gasteiger partial charge in [0.2, 0.25) is 17.7 Å². The lowest BCUT2D eigenvalue weighted by atomic mass is 9.76. The van der Waals surface area contributed by atoms with Gasteiger partial charge in [-0.1, -0.05) is 140 Å². The minimum atomic E-state index is -1.46. The molecule has 1 aromatic carbocycles. The number of nitrogens with one attached hydrogen (secondary N) is 4. The normalized spacial score (nSPS) is 12.2. The number of amides is 4. The Labute approximate surface area is 816 Å². The van der Waals surface area contributed by atoms with E-state index in [-0.39, 0.29) is 63.9 Å². The summed E-state index contributed by atoms with van der Waals surface area (Å²) < 4.78 is 150. The Balaban J connectivity index is 1.73. The molecule has 40 nitrogen and oxygen atoms in total. The molecule has 0 heterocycles. The van der Waals surface area contributed by atoms with Gasteiger partial charge in [0, 0.05) is 52.4 Å². The van der Waals surface area contributed by atoms with Crippen molar-refractivity contribution in [2.45, 2.75) is 180 Å². The Kier molecular flexibility index (Phi) is 100. The van der Waals surface area contributed by atoms with E-state index in [9.17, 15) is 38.7 Å². The fourth-order valence-electron chi connectivity index (χ4n) is 12.7. The molecule has 40 heteroatoms. The summed E-state index contributed by atoms with van der Waals surface area (Å²) in [6, 6.07) is 8.16. The molecule has 0 saturated heterocycles. The predicted molar refractivity (Wildman–Crippen MR) is 509 cm³/mol. The molecule has 4 amide bonds. The molecule has 0 fully saturated rings. The molecule has 1 aromatic rings. The van der Waals surface area contributed by atoms with E-state index in [0.717, 1.165) is 63.4 Å². The molecule has 0 aromatic heterocycles. The zero-order chi connectivity index (χ0) is 98.7. The summed E-state index contributed by atoms with van der Waals surface area (Å²) in [4.78, 5) is 86.3. The summed E-state index contributed by atoms with van der Waals surface area (Å²) in [5.41, 5.74) is -0.662. The maximum atomic E-state index is 13.6. The SMILES string of the molecule is CCCCCCCCCCCC(CCCCCCCCCCC(=O)O)(C(=O)O)C(=O)NCCOCCOCCOCCOCCOCCOCCOCCOCCOCCOCCOCCOCCOCCOCCOCCOCCOCCOCCOCCOCCOCCOCCOCCOCCC(=O)CCCOCCOCCNC(=O)C(CCC(=O)NC)NC(=O)OCc1ccccc1. The Morgan fingerprint density at radius 1 is 0.292 bits per heavy atom. The molecule has 137 heavy (non-hydrogen) atoms. The lowest BCUT2D eigenvalue weighted by Gasteiger charge is -2.28. The number of carbonyl (C=O) groups excluding carboxylic acids is 5. The molecular weight excluding hydrogens is 1800 g/mol. The van der Waals surface area contributed by atoms with Crippen LogP contribution in [-0.2, 0) is 163 Å². The van der Waals surface area contributed by atoms with Crippen molar-refractivity contribution in [2.24, 2.45) is 5.41 Å². The zero-order valence-electron chi connectivity index (χ0n) is 83.3. The van der Waals surface area contributed by atoms with Crippen LogP contribution in [0.25, 0.3) is 0 Å². The van der Waals surface area contributed by atoms with Crippen LogP contribution >= 0.6 is 0 Å². The van der Waals surface area contributed by atoms with Crippen molar-refractivity contribution in [3.63, 3.8) is 0 Å². The van der Waals surface area contributed by atoms with Gasteiger partial charge >= 0.3 is 18.0 Å². The average molecular weight is 1980 g/mol. The van der Waals surface area contributed by atoms with Gasteiger partial charge in [-0.25, -0.2) is 4.79 Å². The van der Waals surface area contributed by atoms with E-state index in [4.69, 9.17) is 133 Å². The number of benzene rings is 1. The molecular formula is C97H178N4O36. The van der Waals surface area contributed by atoms with Gasteiger partial charge in [-0.3, -0.25) is 28.8 Å². The van der Waals surface area contributed by atoms with Crippen molar-refractivity contribution < 1.29 is 172 Å². The van der Waals surface area contributed by atoms with Gasteiger partial charge < -0.3 is 159 Å². The second kappa shape index (κ2) is 106. The van der Waals surface area contributed by atoms with Crippen LogP contribution in [0.5, 0.6) is 0 Å². The fraction of sp³-hybridized carbons (Fsp3) is 0.866. The fourth-order valence-corrected chi connectivity index (χ4v) is 12.7. The van der Waals surface area contributed by atoms with Crippen molar-refractivity contribution in [2.75, 3.05) is 364 Å². The van der Waals surface area contributed by atoms with Crippen LogP contribution in [0.1, 0.15) is 173 Å². The smallest absolute Gasteiger partial charge is 0.408 e. The van der Waals surface area contributed by atoms with Crippen molar-refractivity contribution in [1.82, 2.24) is 21.3 Å². The lowest BCUT2D eigenvalue weighted by Crippen LogP contribution is -2.48. The summed E-state index contributed by atoms with van der Waals surface area (Å²) in [6.07, 6.45) is 18.6. The largest absolute Gasteiger partial charge is 0.481 e. The molecule has 0 radical (unpaired) electrons. The van der Waals surface area contributed by atoms with Crippen LogP contribution in [0.2, 0.25) is 0 Å². The van der Waals surface area contributed by atoms with Crippen LogP contribution < -0.4 is 21.3 Å². The Hall–Kier alpha value is -5.53. The number of carboxylic acid groups (broad SMARTS) is 2. The monoisotopic (exact) mass is 1980 g/mol. The van der Waals surface area contributed by atoms with Crippen molar-refractivity contribution in [3.8, 4) is 0 Å². The molecule has 2 unspecified atom stereocenters. The van der Waals surface area contributed by atoms with Gasteiger partial charge in [0.25, 0.3) is 0 Å². The second-order valence-electron chi connectivity index (χ2n) is 31.5. The quantitative estimate of drug-likeness (QED) is 0.0264. The molecule has 1 rings (SSSR count). The molecule has 0 spiro atoms. The highest BCUT2D eigenvalue weighted by Crippen LogP contribution is 2.33. The molecule has 6 N–H and O–H groups in total. The first kappa shape index (κ1) is 129. The van der Waals surface area contributed by atoms with Crippen molar-refractivity contribution >= 4 is 41.5 Å². The van der Waals surface area contributed by atoms with Crippen LogP contribution in [-0.4, -0.2) is 421 Å². The number of rotatable bonds is 115. The highest BCUT2D eigenvalue weighted by molar-refractivity contribution is 6.02. The highest BCUT2D eigenvalue weighted by Gasteiger charge is 2.45. The highest BCUT2D eigenvalue weighted by atomic mass is 16.6. The van der Waals surface area contributed by atoms with E-state index in [0.29, 0.717) is 382 Å². The number of ether oxygens (including phenoxy) is 27. The van der Waals surface area contributed by atoms with Crippen LogP contribution in [0.4, 0.5) is 4.79 Å². The summed E-state index contributed by atoms with van der Waals surface area (Å²) in [5, 5.41) is 29.9. The van der Waals surface area contributed by atoms with Crippen molar-refractivity contribution in [3.05, 3.63) is 35.9 Å². The first-order valence-electron chi connectivity index (χ1n) is 50.2. The second-order valence-corrected chi connectivity index (χ2v) is 31.5. The Morgan fingerprint density at radius 2 is 0.562 bits per heavy atom. The average Bonchev–Trinajstić information content (AvgIpc) is 0.815. The van der Waals surface area contributed by atoms with E-state index in [1.807, 2.05) is 30.3 Å². The topological polar surface area (TPSA) is 457 Å². The number of carbonyl (C=O) groups is 7.